The molecule has 0 atom stereocenters. The highest BCUT2D eigenvalue weighted by molar-refractivity contribution is 7.12. The third-order valence-electron chi connectivity index (χ3n) is 2.71. The molecular formula is C14H17ClN2S. The van der Waals surface area contributed by atoms with Crippen LogP contribution in [0.1, 0.15) is 29.7 Å². The lowest BCUT2D eigenvalue weighted by atomic mass is 10.1. The molecule has 0 spiro atoms. The molecule has 2 nitrogen and oxygen atoms in total. The molecule has 0 amide bonds. The number of rotatable bonds is 4. The van der Waals surface area contributed by atoms with Gasteiger partial charge in [-0.3, -0.25) is 0 Å². The molecule has 0 aliphatic rings. The third-order valence-corrected chi connectivity index (χ3v) is 4.45. The Labute approximate surface area is 117 Å². The minimum atomic E-state index is 0.445. The largest absolute Gasteiger partial charge is 0.330 e. The van der Waals surface area contributed by atoms with Gasteiger partial charge in [0.15, 0.2) is 0 Å². The molecule has 1 aromatic carbocycles. The van der Waals surface area contributed by atoms with Crippen LogP contribution in [0.5, 0.6) is 0 Å². The molecule has 2 N–H and O–H groups in total. The molecule has 4 heteroatoms. The van der Waals surface area contributed by atoms with Gasteiger partial charge in [0.1, 0.15) is 0 Å². The fraction of sp³-hybridized carbons (Fsp3) is 0.357. The number of nitrogens with two attached hydrogens (primary N) is 1. The third kappa shape index (κ3) is 2.74. The van der Waals surface area contributed by atoms with Gasteiger partial charge in [0.2, 0.25) is 0 Å². The maximum absolute atomic E-state index is 6.26. The van der Waals surface area contributed by atoms with Gasteiger partial charge in [0, 0.05) is 21.9 Å². The van der Waals surface area contributed by atoms with Crippen LogP contribution in [0.25, 0.3) is 11.3 Å². The van der Waals surface area contributed by atoms with E-state index in [1.165, 1.54) is 4.88 Å². The number of aromatic nitrogens is 1. The van der Waals surface area contributed by atoms with Crippen molar-refractivity contribution in [3.63, 3.8) is 0 Å². The smallest absolute Gasteiger partial charge is 0.0948 e. The lowest BCUT2D eigenvalue weighted by Gasteiger charge is -2.06. The van der Waals surface area contributed by atoms with E-state index < -0.39 is 0 Å². The number of halogens is 1. The van der Waals surface area contributed by atoms with Crippen LogP contribution < -0.4 is 5.73 Å². The van der Waals surface area contributed by atoms with E-state index in [2.05, 4.69) is 13.8 Å². The van der Waals surface area contributed by atoms with Gasteiger partial charge in [0.05, 0.1) is 10.7 Å². The van der Waals surface area contributed by atoms with Crippen LogP contribution in [0.2, 0.25) is 5.02 Å². The molecule has 0 radical (unpaired) electrons. The van der Waals surface area contributed by atoms with Crippen molar-refractivity contribution >= 4 is 22.9 Å². The number of hydrogen-bond acceptors (Lipinski definition) is 3. The van der Waals surface area contributed by atoms with Gasteiger partial charge < -0.3 is 5.73 Å². The molecule has 0 fully saturated rings. The molecule has 0 aliphatic carbocycles. The first kappa shape index (κ1) is 13.5. The molecule has 2 rings (SSSR count). The molecule has 2 aromatic rings. The Morgan fingerprint density at radius 1 is 1.33 bits per heavy atom. The van der Waals surface area contributed by atoms with E-state index in [1.807, 2.05) is 24.3 Å². The normalized spacial score (nSPS) is 11.2. The van der Waals surface area contributed by atoms with E-state index in [-0.39, 0.29) is 0 Å². The van der Waals surface area contributed by atoms with Gasteiger partial charge in [0.25, 0.3) is 0 Å². The Hall–Kier alpha value is -0.900. The van der Waals surface area contributed by atoms with Crippen molar-refractivity contribution in [2.75, 3.05) is 6.54 Å². The summed E-state index contributed by atoms with van der Waals surface area (Å²) >= 11 is 8.01. The molecule has 96 valence electrons. The van der Waals surface area contributed by atoms with Crippen LogP contribution in [-0.2, 0) is 6.42 Å². The average Bonchev–Trinajstić information content (AvgIpc) is 2.74. The Morgan fingerprint density at radius 2 is 2.06 bits per heavy atom. The second-order valence-corrected chi connectivity index (χ2v) is 6.02. The summed E-state index contributed by atoms with van der Waals surface area (Å²) in [6.07, 6.45) is 0.828. The molecular weight excluding hydrogens is 264 g/mol. The number of nitrogens with zero attached hydrogens (tertiary/aromatic N) is 1. The molecule has 0 aliphatic heterocycles. The average molecular weight is 281 g/mol. The SMILES string of the molecule is CC(C)c1sc(CCN)nc1-c1ccccc1Cl. The second kappa shape index (κ2) is 5.83. The van der Waals surface area contributed by atoms with Crippen LogP contribution >= 0.6 is 22.9 Å². The second-order valence-electron chi connectivity index (χ2n) is 4.49. The first-order valence-corrected chi connectivity index (χ1v) is 7.27. The van der Waals surface area contributed by atoms with Gasteiger partial charge in [-0.05, 0) is 18.5 Å². The standard InChI is InChI=1S/C14H17ClN2S/c1-9(2)14-13(17-12(18-14)7-8-16)10-5-3-4-6-11(10)15/h3-6,9H,7-8,16H2,1-2H3. The quantitative estimate of drug-likeness (QED) is 0.916. The van der Waals surface area contributed by atoms with Crippen molar-refractivity contribution in [3.05, 3.63) is 39.2 Å². The van der Waals surface area contributed by atoms with Crippen LogP contribution in [0.4, 0.5) is 0 Å². The minimum Gasteiger partial charge on any atom is -0.330 e. The summed E-state index contributed by atoms with van der Waals surface area (Å²) in [5.74, 6) is 0.445. The minimum absolute atomic E-state index is 0.445. The van der Waals surface area contributed by atoms with Gasteiger partial charge in [-0.15, -0.1) is 11.3 Å². The molecule has 0 saturated heterocycles. The highest BCUT2D eigenvalue weighted by Gasteiger charge is 2.17. The van der Waals surface area contributed by atoms with E-state index in [0.29, 0.717) is 12.5 Å². The van der Waals surface area contributed by atoms with E-state index in [1.54, 1.807) is 11.3 Å². The van der Waals surface area contributed by atoms with Gasteiger partial charge in [-0.2, -0.15) is 0 Å². The van der Waals surface area contributed by atoms with E-state index in [0.717, 1.165) is 27.7 Å². The van der Waals surface area contributed by atoms with E-state index in [9.17, 15) is 0 Å². The number of benzene rings is 1. The van der Waals surface area contributed by atoms with E-state index in [4.69, 9.17) is 22.3 Å². The Bertz CT molecular complexity index is 534. The summed E-state index contributed by atoms with van der Waals surface area (Å²) in [5, 5.41) is 1.85. The van der Waals surface area contributed by atoms with Crippen LogP contribution in [0.15, 0.2) is 24.3 Å². The molecule has 1 heterocycles. The van der Waals surface area contributed by atoms with Crippen molar-refractivity contribution in [3.8, 4) is 11.3 Å². The van der Waals surface area contributed by atoms with E-state index >= 15 is 0 Å². The van der Waals surface area contributed by atoms with Crippen molar-refractivity contribution in [2.24, 2.45) is 5.73 Å². The van der Waals surface area contributed by atoms with Crippen LogP contribution in [0.3, 0.4) is 0 Å². The summed E-state index contributed by atoms with van der Waals surface area (Å²) in [5.41, 5.74) is 7.64. The number of thiazole rings is 1. The predicted octanol–water partition coefficient (Wildman–Crippen LogP) is 4.09. The molecule has 0 saturated carbocycles. The maximum Gasteiger partial charge on any atom is 0.0948 e. The van der Waals surface area contributed by atoms with Crippen molar-refractivity contribution < 1.29 is 0 Å². The van der Waals surface area contributed by atoms with Gasteiger partial charge in [-0.1, -0.05) is 43.6 Å². The fourth-order valence-corrected chi connectivity index (χ4v) is 3.17. The summed E-state index contributed by atoms with van der Waals surface area (Å²) < 4.78 is 0. The maximum atomic E-state index is 6.26. The van der Waals surface area contributed by atoms with Crippen LogP contribution in [0, 0.1) is 0 Å². The Morgan fingerprint density at radius 3 is 2.67 bits per heavy atom. The topological polar surface area (TPSA) is 38.9 Å². The highest BCUT2D eigenvalue weighted by Crippen LogP contribution is 2.36. The van der Waals surface area contributed by atoms with Gasteiger partial charge in [-0.25, -0.2) is 4.98 Å². The Kier molecular flexibility index (Phi) is 4.38. The summed E-state index contributed by atoms with van der Waals surface area (Å²) in [6.45, 7) is 4.99. The molecule has 0 unspecified atom stereocenters. The number of hydrogen-bond donors (Lipinski definition) is 1. The molecule has 1 aromatic heterocycles. The molecule has 18 heavy (non-hydrogen) atoms. The fourth-order valence-electron chi connectivity index (χ4n) is 1.85. The zero-order valence-electron chi connectivity index (χ0n) is 10.6. The Balaban J connectivity index is 2.52. The lowest BCUT2D eigenvalue weighted by molar-refractivity contribution is 0.887. The summed E-state index contributed by atoms with van der Waals surface area (Å²) in [6, 6.07) is 7.86. The first-order chi connectivity index (χ1) is 8.63. The molecule has 0 bridgehead atoms. The summed E-state index contributed by atoms with van der Waals surface area (Å²) in [4.78, 5) is 5.99. The van der Waals surface area contributed by atoms with Crippen molar-refractivity contribution in [1.29, 1.82) is 0 Å². The monoisotopic (exact) mass is 280 g/mol. The van der Waals surface area contributed by atoms with Crippen molar-refractivity contribution in [1.82, 2.24) is 4.98 Å². The zero-order chi connectivity index (χ0) is 13.1. The lowest BCUT2D eigenvalue weighted by Crippen LogP contribution is -2.01. The highest BCUT2D eigenvalue weighted by atomic mass is 35.5. The van der Waals surface area contributed by atoms with Crippen molar-refractivity contribution in [2.45, 2.75) is 26.2 Å². The zero-order valence-corrected chi connectivity index (χ0v) is 12.2. The predicted molar refractivity (Wildman–Crippen MR) is 79.4 cm³/mol. The summed E-state index contributed by atoms with van der Waals surface area (Å²) in [7, 11) is 0. The van der Waals surface area contributed by atoms with Crippen LogP contribution in [-0.4, -0.2) is 11.5 Å². The first-order valence-electron chi connectivity index (χ1n) is 6.08. The van der Waals surface area contributed by atoms with Gasteiger partial charge >= 0.3 is 0 Å².